The molecule has 1 N–H and O–H groups in total. The number of aryl methyl sites for hydroxylation is 1. The molecule has 8 heteroatoms. The third kappa shape index (κ3) is 5.13. The van der Waals surface area contributed by atoms with Crippen molar-refractivity contribution >= 4 is 22.8 Å². The molecule has 0 aliphatic heterocycles. The van der Waals surface area contributed by atoms with Gasteiger partial charge in [-0.15, -0.1) is 0 Å². The van der Waals surface area contributed by atoms with E-state index in [1.165, 1.54) is 4.57 Å². The number of rotatable bonds is 8. The van der Waals surface area contributed by atoms with Crippen LogP contribution >= 0.6 is 0 Å². The van der Waals surface area contributed by atoms with Gasteiger partial charge in [-0.3, -0.25) is 14.2 Å². The predicted octanol–water partition coefficient (Wildman–Crippen LogP) is 3.66. The van der Waals surface area contributed by atoms with Crippen LogP contribution in [0.1, 0.15) is 23.6 Å². The van der Waals surface area contributed by atoms with Gasteiger partial charge in [0.1, 0.15) is 6.54 Å². The lowest BCUT2D eigenvalue weighted by molar-refractivity contribution is -0.116. The Bertz CT molecular complexity index is 1650. The summed E-state index contributed by atoms with van der Waals surface area (Å²) in [7, 11) is 0. The number of hydrogen-bond donors (Lipinski definition) is 1. The van der Waals surface area contributed by atoms with E-state index < -0.39 is 23.7 Å². The highest BCUT2D eigenvalue weighted by Crippen LogP contribution is 2.13. The third-order valence-electron chi connectivity index (χ3n) is 6.31. The molecule has 186 valence electrons. The second-order valence-electron chi connectivity index (χ2n) is 8.87. The maximum absolute atomic E-state index is 13.6. The van der Waals surface area contributed by atoms with Crippen molar-refractivity contribution in [2.24, 2.45) is 0 Å². The van der Waals surface area contributed by atoms with Gasteiger partial charge in [-0.2, -0.15) is 0 Å². The average Bonchev–Trinajstić information content (AvgIpc) is 3.34. The fourth-order valence-electron chi connectivity index (χ4n) is 4.35. The molecule has 2 aromatic heterocycles. The van der Waals surface area contributed by atoms with Crippen LogP contribution in [0.25, 0.3) is 11.2 Å². The van der Waals surface area contributed by atoms with E-state index in [1.54, 1.807) is 10.9 Å². The molecule has 0 atom stereocenters. The summed E-state index contributed by atoms with van der Waals surface area (Å²) in [6.45, 7) is 2.28. The van der Waals surface area contributed by atoms with Gasteiger partial charge in [0.2, 0.25) is 5.91 Å². The van der Waals surface area contributed by atoms with E-state index in [2.05, 4.69) is 17.2 Å². The molecule has 0 saturated heterocycles. The molecule has 3 aromatic carbocycles. The fraction of sp³-hybridized carbons (Fsp3) is 0.172. The summed E-state index contributed by atoms with van der Waals surface area (Å²) in [4.78, 5) is 44.5. The Labute approximate surface area is 213 Å². The second kappa shape index (κ2) is 10.5. The number of fused-ring (bicyclic) bond motifs is 1. The summed E-state index contributed by atoms with van der Waals surface area (Å²) in [5, 5.41) is 2.79. The van der Waals surface area contributed by atoms with Crippen molar-refractivity contribution in [2.45, 2.75) is 33.0 Å². The van der Waals surface area contributed by atoms with Crippen LogP contribution < -0.4 is 16.6 Å². The van der Waals surface area contributed by atoms with Gasteiger partial charge in [0.05, 0.1) is 12.9 Å². The van der Waals surface area contributed by atoms with Crippen LogP contribution in [-0.4, -0.2) is 24.6 Å². The lowest BCUT2D eigenvalue weighted by Gasteiger charge is -2.13. The van der Waals surface area contributed by atoms with Crippen molar-refractivity contribution < 1.29 is 4.79 Å². The van der Waals surface area contributed by atoms with Crippen LogP contribution in [0.5, 0.6) is 0 Å². The molecule has 1 amide bonds. The standard InChI is InChI=1S/C29H27N5O3/c1-2-21-13-15-24(16-14-21)31-25(35)19-34-28(36)26-27(30-20-32(26)17-22-9-5-3-6-10-22)33(29(34)37)18-23-11-7-4-8-12-23/h3-16,20H,2,17-19H2,1H3,(H,31,35). The van der Waals surface area contributed by atoms with E-state index in [0.717, 1.165) is 27.7 Å². The molecule has 0 aliphatic carbocycles. The van der Waals surface area contributed by atoms with Gasteiger partial charge >= 0.3 is 5.69 Å². The van der Waals surface area contributed by atoms with Crippen LogP contribution in [0.2, 0.25) is 0 Å². The minimum Gasteiger partial charge on any atom is -0.325 e. The Balaban J connectivity index is 1.56. The van der Waals surface area contributed by atoms with E-state index >= 15 is 0 Å². The van der Waals surface area contributed by atoms with E-state index in [4.69, 9.17) is 0 Å². The number of imidazole rings is 1. The Kier molecular flexibility index (Phi) is 6.81. The molecule has 37 heavy (non-hydrogen) atoms. The number of hydrogen-bond acceptors (Lipinski definition) is 4. The lowest BCUT2D eigenvalue weighted by atomic mass is 10.1. The molecular formula is C29H27N5O3. The Morgan fingerprint density at radius 2 is 1.41 bits per heavy atom. The number of carbonyl (C=O) groups is 1. The topological polar surface area (TPSA) is 90.9 Å². The Morgan fingerprint density at radius 1 is 0.784 bits per heavy atom. The van der Waals surface area contributed by atoms with Crippen molar-refractivity contribution in [1.29, 1.82) is 0 Å². The minimum atomic E-state index is -0.581. The highest BCUT2D eigenvalue weighted by Gasteiger charge is 2.20. The van der Waals surface area contributed by atoms with Crippen molar-refractivity contribution in [1.82, 2.24) is 18.7 Å². The number of aromatic nitrogens is 4. The summed E-state index contributed by atoms with van der Waals surface area (Å²) in [6, 6.07) is 26.7. The van der Waals surface area contributed by atoms with Crippen LogP contribution in [0.3, 0.4) is 0 Å². The minimum absolute atomic E-state index is 0.221. The molecule has 2 heterocycles. The molecule has 0 spiro atoms. The maximum Gasteiger partial charge on any atom is 0.333 e. The van der Waals surface area contributed by atoms with Crippen LogP contribution in [0, 0.1) is 0 Å². The molecule has 0 bridgehead atoms. The molecule has 0 aliphatic rings. The van der Waals surface area contributed by atoms with Crippen molar-refractivity contribution in [3.8, 4) is 0 Å². The van der Waals surface area contributed by atoms with Crippen molar-refractivity contribution in [2.75, 3.05) is 5.32 Å². The number of nitrogens with one attached hydrogen (secondary N) is 1. The summed E-state index contributed by atoms with van der Waals surface area (Å²) in [5.41, 5.74) is 3.07. The summed E-state index contributed by atoms with van der Waals surface area (Å²) in [6.07, 6.45) is 2.46. The number of amides is 1. The predicted molar refractivity (Wildman–Crippen MR) is 144 cm³/mol. The first-order chi connectivity index (χ1) is 18.0. The van der Waals surface area contributed by atoms with Crippen molar-refractivity contribution in [3.63, 3.8) is 0 Å². The van der Waals surface area contributed by atoms with E-state index in [-0.39, 0.29) is 12.1 Å². The number of carbonyl (C=O) groups excluding carboxylic acids is 1. The van der Waals surface area contributed by atoms with E-state index in [0.29, 0.717) is 17.9 Å². The highest BCUT2D eigenvalue weighted by molar-refractivity contribution is 5.90. The molecule has 8 nitrogen and oxygen atoms in total. The molecule has 0 radical (unpaired) electrons. The maximum atomic E-state index is 13.6. The zero-order chi connectivity index (χ0) is 25.8. The zero-order valence-electron chi connectivity index (χ0n) is 20.5. The first-order valence-corrected chi connectivity index (χ1v) is 12.2. The van der Waals surface area contributed by atoms with Gasteiger partial charge in [0, 0.05) is 12.2 Å². The molecule has 0 fully saturated rings. The second-order valence-corrected chi connectivity index (χ2v) is 8.87. The first-order valence-electron chi connectivity index (χ1n) is 12.2. The quantitative estimate of drug-likeness (QED) is 0.357. The highest BCUT2D eigenvalue weighted by atomic mass is 16.2. The lowest BCUT2D eigenvalue weighted by Crippen LogP contribution is -2.43. The Morgan fingerprint density at radius 3 is 2.03 bits per heavy atom. The molecule has 0 unspecified atom stereocenters. The largest absolute Gasteiger partial charge is 0.333 e. The number of nitrogens with zero attached hydrogens (tertiary/aromatic N) is 4. The molecule has 5 rings (SSSR count). The number of anilines is 1. The van der Waals surface area contributed by atoms with Gasteiger partial charge in [-0.05, 0) is 35.2 Å². The smallest absolute Gasteiger partial charge is 0.325 e. The normalized spacial score (nSPS) is 11.1. The molecular weight excluding hydrogens is 466 g/mol. The molecule has 5 aromatic rings. The zero-order valence-corrected chi connectivity index (χ0v) is 20.5. The fourth-order valence-corrected chi connectivity index (χ4v) is 4.35. The summed E-state index contributed by atoms with van der Waals surface area (Å²) >= 11 is 0. The van der Waals surface area contributed by atoms with Gasteiger partial charge in [-0.25, -0.2) is 14.3 Å². The van der Waals surface area contributed by atoms with Crippen LogP contribution in [-0.2, 0) is 30.8 Å². The van der Waals surface area contributed by atoms with Gasteiger partial charge in [0.15, 0.2) is 11.2 Å². The third-order valence-corrected chi connectivity index (χ3v) is 6.31. The number of benzene rings is 3. The van der Waals surface area contributed by atoms with Gasteiger partial charge in [0.25, 0.3) is 5.56 Å². The van der Waals surface area contributed by atoms with Crippen molar-refractivity contribution in [3.05, 3.63) is 129 Å². The average molecular weight is 494 g/mol. The van der Waals surface area contributed by atoms with Crippen LogP contribution in [0.15, 0.2) is 101 Å². The van der Waals surface area contributed by atoms with E-state index in [1.807, 2.05) is 84.9 Å². The Hall–Kier alpha value is -4.72. The monoisotopic (exact) mass is 493 g/mol. The SMILES string of the molecule is CCc1ccc(NC(=O)Cn2c(=O)c3c(ncn3Cc3ccccc3)n(Cc3ccccc3)c2=O)cc1. The van der Waals surface area contributed by atoms with E-state index in [9.17, 15) is 14.4 Å². The first kappa shape index (κ1) is 24.0. The van der Waals surface area contributed by atoms with Crippen LogP contribution in [0.4, 0.5) is 5.69 Å². The molecule has 0 saturated carbocycles. The summed E-state index contributed by atoms with van der Waals surface area (Å²) in [5.74, 6) is -0.455. The summed E-state index contributed by atoms with van der Waals surface area (Å²) < 4.78 is 4.17. The van der Waals surface area contributed by atoms with Gasteiger partial charge in [-0.1, -0.05) is 79.7 Å². The van der Waals surface area contributed by atoms with Gasteiger partial charge < -0.3 is 9.88 Å².